The van der Waals surface area contributed by atoms with Crippen molar-refractivity contribution in [3.8, 4) is 17.0 Å². The zero-order valence-corrected chi connectivity index (χ0v) is 19.7. The zero-order chi connectivity index (χ0) is 23.7. The standard InChI is InChI=1S/C26H28N4O3S/c1-19(28-13-2-12-27)33-24-11-8-22-16-25(29(26(22)17-24)18-20-4-5-20)21-6-9-23(10-7-21)30-14-3-15-34(30,31)32/h2,6-13,16-17,20H,1,3-5,14-15,18,27H2/b12-2-,28-13-. The Balaban J connectivity index is 1.47. The summed E-state index contributed by atoms with van der Waals surface area (Å²) in [5.41, 5.74) is 9.30. The molecular formula is C26H28N4O3S. The summed E-state index contributed by atoms with van der Waals surface area (Å²) in [6.45, 7) is 5.32. The fourth-order valence-electron chi connectivity index (χ4n) is 4.36. The quantitative estimate of drug-likeness (QED) is 0.378. The number of hydrogen-bond acceptors (Lipinski definition) is 5. The fraction of sp³-hybridized carbons (Fsp3) is 0.269. The number of sulfonamides is 1. The number of anilines is 1. The third-order valence-corrected chi connectivity index (χ3v) is 8.08. The number of nitrogens with zero attached hydrogens (tertiary/aromatic N) is 3. The first-order valence-electron chi connectivity index (χ1n) is 11.5. The van der Waals surface area contributed by atoms with Crippen molar-refractivity contribution in [3.63, 3.8) is 0 Å². The Labute approximate surface area is 199 Å². The lowest BCUT2D eigenvalue weighted by molar-refractivity contribution is 0.424. The molecule has 7 nitrogen and oxygen atoms in total. The first-order chi connectivity index (χ1) is 16.4. The molecule has 0 spiro atoms. The van der Waals surface area contributed by atoms with Crippen LogP contribution in [-0.4, -0.2) is 31.5 Å². The Morgan fingerprint density at radius 1 is 1.18 bits per heavy atom. The van der Waals surface area contributed by atoms with Crippen LogP contribution in [0.5, 0.6) is 5.75 Å². The molecule has 2 N–H and O–H groups in total. The number of aromatic nitrogens is 1. The van der Waals surface area contributed by atoms with Gasteiger partial charge in [-0.1, -0.05) is 12.1 Å². The number of rotatable bonds is 8. The van der Waals surface area contributed by atoms with Gasteiger partial charge in [0, 0.05) is 36.5 Å². The van der Waals surface area contributed by atoms with E-state index in [-0.39, 0.29) is 11.6 Å². The van der Waals surface area contributed by atoms with E-state index in [4.69, 9.17) is 10.5 Å². The Bertz CT molecular complexity index is 1380. The number of ether oxygens (including phenoxy) is 1. The predicted octanol–water partition coefficient (Wildman–Crippen LogP) is 4.65. The van der Waals surface area contributed by atoms with Crippen molar-refractivity contribution in [1.29, 1.82) is 0 Å². The highest BCUT2D eigenvalue weighted by Crippen LogP contribution is 2.37. The van der Waals surface area contributed by atoms with Gasteiger partial charge < -0.3 is 15.0 Å². The Hall–Kier alpha value is -3.52. The normalized spacial score (nSPS) is 17.8. The summed E-state index contributed by atoms with van der Waals surface area (Å²) in [6, 6.07) is 16.0. The molecular weight excluding hydrogens is 448 g/mol. The summed E-state index contributed by atoms with van der Waals surface area (Å²) < 4.78 is 34.2. The van der Waals surface area contributed by atoms with Crippen LogP contribution in [0.3, 0.4) is 0 Å². The van der Waals surface area contributed by atoms with E-state index in [1.807, 2.05) is 42.5 Å². The molecule has 1 saturated carbocycles. The molecule has 34 heavy (non-hydrogen) atoms. The molecule has 0 amide bonds. The lowest BCUT2D eigenvalue weighted by atomic mass is 10.1. The van der Waals surface area contributed by atoms with Gasteiger partial charge in [-0.15, -0.1) is 0 Å². The van der Waals surface area contributed by atoms with Crippen molar-refractivity contribution in [2.24, 2.45) is 16.6 Å². The van der Waals surface area contributed by atoms with E-state index >= 15 is 0 Å². The third kappa shape index (κ3) is 4.59. The summed E-state index contributed by atoms with van der Waals surface area (Å²) in [6.07, 6.45) is 7.68. The Morgan fingerprint density at radius 3 is 2.65 bits per heavy atom. The Kier molecular flexibility index (Phi) is 5.91. The Morgan fingerprint density at radius 2 is 1.97 bits per heavy atom. The second-order valence-corrected chi connectivity index (χ2v) is 10.8. The van der Waals surface area contributed by atoms with Crippen LogP contribution in [0.2, 0.25) is 0 Å². The third-order valence-electron chi connectivity index (χ3n) is 6.22. The molecule has 0 unspecified atom stereocenters. The molecule has 1 aromatic heterocycles. The first-order valence-corrected chi connectivity index (χ1v) is 13.1. The number of fused-ring (bicyclic) bond motifs is 1. The molecule has 2 fully saturated rings. The van der Waals surface area contributed by atoms with Gasteiger partial charge in [0.2, 0.25) is 15.9 Å². The fourth-order valence-corrected chi connectivity index (χ4v) is 5.92. The number of benzene rings is 2. The van der Waals surface area contributed by atoms with Crippen LogP contribution in [-0.2, 0) is 16.6 Å². The van der Waals surface area contributed by atoms with Gasteiger partial charge in [-0.2, -0.15) is 0 Å². The van der Waals surface area contributed by atoms with Gasteiger partial charge in [0.15, 0.2) is 0 Å². The molecule has 3 aromatic rings. The van der Waals surface area contributed by atoms with Crippen molar-refractivity contribution < 1.29 is 13.2 Å². The van der Waals surface area contributed by atoms with Crippen LogP contribution in [0.15, 0.2) is 78.3 Å². The summed E-state index contributed by atoms with van der Waals surface area (Å²) in [5.74, 6) is 1.85. The van der Waals surface area contributed by atoms with Crippen molar-refractivity contribution in [2.45, 2.75) is 25.8 Å². The lowest BCUT2D eigenvalue weighted by Crippen LogP contribution is -2.24. The molecule has 0 radical (unpaired) electrons. The molecule has 5 rings (SSSR count). The van der Waals surface area contributed by atoms with Gasteiger partial charge in [0.25, 0.3) is 0 Å². The topological polar surface area (TPSA) is 89.9 Å². The van der Waals surface area contributed by atoms with E-state index in [0.29, 0.717) is 24.6 Å². The predicted molar refractivity (Wildman–Crippen MR) is 137 cm³/mol. The zero-order valence-electron chi connectivity index (χ0n) is 18.9. The molecule has 176 valence electrons. The van der Waals surface area contributed by atoms with Gasteiger partial charge in [-0.3, -0.25) is 4.31 Å². The van der Waals surface area contributed by atoms with Crippen molar-refractivity contribution in [3.05, 3.63) is 73.3 Å². The maximum atomic E-state index is 12.3. The van der Waals surface area contributed by atoms with E-state index in [9.17, 15) is 8.42 Å². The van der Waals surface area contributed by atoms with Gasteiger partial charge in [0.05, 0.1) is 17.0 Å². The summed E-state index contributed by atoms with van der Waals surface area (Å²) in [4.78, 5) is 4.11. The summed E-state index contributed by atoms with van der Waals surface area (Å²) in [7, 11) is -3.19. The molecule has 2 aromatic carbocycles. The highest BCUT2D eigenvalue weighted by atomic mass is 32.2. The maximum Gasteiger partial charge on any atom is 0.235 e. The number of hydrogen-bond donors (Lipinski definition) is 1. The van der Waals surface area contributed by atoms with E-state index in [1.165, 1.54) is 29.6 Å². The minimum atomic E-state index is -3.19. The average molecular weight is 477 g/mol. The van der Waals surface area contributed by atoms with Gasteiger partial charge in [-0.05, 0) is 79.9 Å². The van der Waals surface area contributed by atoms with Gasteiger partial charge >= 0.3 is 0 Å². The largest absolute Gasteiger partial charge is 0.440 e. The van der Waals surface area contributed by atoms with Crippen molar-refractivity contribution >= 4 is 32.8 Å². The van der Waals surface area contributed by atoms with Crippen LogP contribution < -0.4 is 14.8 Å². The number of aliphatic imine (C=N–C) groups is 1. The highest BCUT2D eigenvalue weighted by Gasteiger charge is 2.28. The summed E-state index contributed by atoms with van der Waals surface area (Å²) in [5, 5.41) is 1.12. The second-order valence-electron chi connectivity index (χ2n) is 8.75. The van der Waals surface area contributed by atoms with E-state index in [0.717, 1.165) is 34.4 Å². The van der Waals surface area contributed by atoms with Crippen LogP contribution in [0.4, 0.5) is 5.69 Å². The first kappa shape index (κ1) is 22.3. The molecule has 1 saturated heterocycles. The average Bonchev–Trinajstić information content (AvgIpc) is 3.47. The minimum absolute atomic E-state index is 0.218. The van der Waals surface area contributed by atoms with Crippen molar-refractivity contribution in [2.75, 3.05) is 16.6 Å². The van der Waals surface area contributed by atoms with E-state index in [2.05, 4.69) is 22.2 Å². The van der Waals surface area contributed by atoms with E-state index < -0.39 is 10.0 Å². The van der Waals surface area contributed by atoms with E-state index in [1.54, 1.807) is 6.08 Å². The molecule has 0 atom stereocenters. The van der Waals surface area contributed by atoms with Crippen LogP contribution in [0.25, 0.3) is 22.2 Å². The second kappa shape index (κ2) is 9.02. The van der Waals surface area contributed by atoms with Crippen LogP contribution >= 0.6 is 0 Å². The SMILES string of the molecule is C=C(/N=C\C=C/N)Oc1ccc2cc(-c3ccc(N4CCCS4(=O)=O)cc3)n(CC3CC3)c2c1. The minimum Gasteiger partial charge on any atom is -0.440 e. The van der Waals surface area contributed by atoms with Crippen molar-refractivity contribution in [1.82, 2.24) is 4.57 Å². The maximum absolute atomic E-state index is 12.3. The lowest BCUT2D eigenvalue weighted by Gasteiger charge is -2.17. The van der Waals surface area contributed by atoms with Crippen LogP contribution in [0, 0.1) is 5.92 Å². The molecule has 1 aliphatic carbocycles. The summed E-state index contributed by atoms with van der Waals surface area (Å²) >= 11 is 0. The van der Waals surface area contributed by atoms with Gasteiger partial charge in [0.1, 0.15) is 5.75 Å². The highest BCUT2D eigenvalue weighted by molar-refractivity contribution is 7.93. The monoisotopic (exact) mass is 476 g/mol. The molecule has 2 aliphatic rings. The molecule has 2 heterocycles. The van der Waals surface area contributed by atoms with Gasteiger partial charge in [-0.25, -0.2) is 13.4 Å². The number of allylic oxidation sites excluding steroid dienone is 1. The van der Waals surface area contributed by atoms with Crippen LogP contribution in [0.1, 0.15) is 19.3 Å². The smallest absolute Gasteiger partial charge is 0.235 e. The molecule has 1 aliphatic heterocycles. The molecule has 0 bridgehead atoms. The number of nitrogens with two attached hydrogens (primary N) is 1. The molecule has 8 heteroatoms.